The molecule has 0 spiro atoms. The van der Waals surface area contributed by atoms with Gasteiger partial charge in [0.25, 0.3) is 0 Å². The summed E-state index contributed by atoms with van der Waals surface area (Å²) < 4.78 is 7.58. The highest BCUT2D eigenvalue weighted by molar-refractivity contribution is 6.07. The monoisotopic (exact) mass is 527 g/mol. The molecular weight excluding hydrogens is 490 g/mol. The largest absolute Gasteiger partial charge is 0.385 e. The number of rotatable bonds is 10. The SMILES string of the molecule is COCCCn1c([C@@H]2CCCN(C(=O)C[C@@H](N)Cc3ccc4ccccc4c3C(N)=O)C2)nc2ccccc21. The summed E-state index contributed by atoms with van der Waals surface area (Å²) in [4.78, 5) is 32.6. The third-order valence-corrected chi connectivity index (χ3v) is 7.73. The zero-order valence-corrected chi connectivity index (χ0v) is 22.5. The maximum Gasteiger partial charge on any atom is 0.249 e. The van der Waals surface area contributed by atoms with Crippen LogP contribution in [0.5, 0.6) is 0 Å². The summed E-state index contributed by atoms with van der Waals surface area (Å²) in [5.41, 5.74) is 15.6. The van der Waals surface area contributed by atoms with Crippen LogP contribution in [0.25, 0.3) is 21.8 Å². The highest BCUT2D eigenvalue weighted by Gasteiger charge is 2.29. The van der Waals surface area contributed by atoms with Crippen LogP contribution in [0.1, 0.15) is 53.3 Å². The number of likely N-dealkylation sites (tertiary alicyclic amines) is 1. The smallest absolute Gasteiger partial charge is 0.249 e. The molecular formula is C31H37N5O3. The first-order valence-corrected chi connectivity index (χ1v) is 13.7. The van der Waals surface area contributed by atoms with Crippen molar-refractivity contribution in [3.05, 3.63) is 77.6 Å². The molecule has 0 radical (unpaired) electrons. The number of carbonyl (C=O) groups is 2. The molecule has 4 aromatic rings. The molecule has 0 saturated carbocycles. The van der Waals surface area contributed by atoms with Crippen LogP contribution in [0, 0.1) is 0 Å². The van der Waals surface area contributed by atoms with Gasteiger partial charge in [-0.2, -0.15) is 0 Å². The molecule has 2 heterocycles. The van der Waals surface area contributed by atoms with Gasteiger partial charge in [-0.15, -0.1) is 0 Å². The number of carbonyl (C=O) groups excluding carboxylic acids is 2. The molecule has 1 saturated heterocycles. The van der Waals surface area contributed by atoms with Crippen LogP contribution in [0.3, 0.4) is 0 Å². The van der Waals surface area contributed by atoms with E-state index in [9.17, 15) is 9.59 Å². The fraction of sp³-hybridized carbons (Fsp3) is 0.387. The zero-order chi connectivity index (χ0) is 27.4. The average molecular weight is 528 g/mol. The van der Waals surface area contributed by atoms with E-state index in [4.69, 9.17) is 21.2 Å². The van der Waals surface area contributed by atoms with Crippen LogP contribution in [0.2, 0.25) is 0 Å². The quantitative estimate of drug-likeness (QED) is 0.303. The lowest BCUT2D eigenvalue weighted by atomic mass is 9.93. The van der Waals surface area contributed by atoms with Crippen molar-refractivity contribution in [1.29, 1.82) is 0 Å². The topological polar surface area (TPSA) is 116 Å². The molecule has 5 rings (SSSR count). The molecule has 1 aliphatic rings. The fourth-order valence-corrected chi connectivity index (χ4v) is 5.91. The summed E-state index contributed by atoms with van der Waals surface area (Å²) >= 11 is 0. The van der Waals surface area contributed by atoms with Crippen LogP contribution in [0.15, 0.2) is 60.7 Å². The van der Waals surface area contributed by atoms with Crippen molar-refractivity contribution < 1.29 is 14.3 Å². The Bertz CT molecular complexity index is 1480. The van der Waals surface area contributed by atoms with Crippen molar-refractivity contribution in [2.45, 2.75) is 50.6 Å². The van der Waals surface area contributed by atoms with Crippen molar-refractivity contribution in [3.63, 3.8) is 0 Å². The molecule has 2 atom stereocenters. The summed E-state index contributed by atoms with van der Waals surface area (Å²) in [7, 11) is 1.72. The number of primary amides is 1. The van der Waals surface area contributed by atoms with Gasteiger partial charge in [0.2, 0.25) is 11.8 Å². The number of ether oxygens (including phenoxy) is 1. The number of piperidine rings is 1. The second-order valence-electron chi connectivity index (χ2n) is 10.5. The number of nitrogens with zero attached hydrogens (tertiary/aromatic N) is 3. The van der Waals surface area contributed by atoms with E-state index in [0.717, 1.165) is 59.0 Å². The van der Waals surface area contributed by atoms with Crippen LogP contribution in [0.4, 0.5) is 0 Å². The predicted octanol–water partition coefficient (Wildman–Crippen LogP) is 3.99. The highest BCUT2D eigenvalue weighted by atomic mass is 16.5. The van der Waals surface area contributed by atoms with E-state index in [2.05, 4.69) is 10.6 Å². The average Bonchev–Trinajstić information content (AvgIpc) is 3.31. The molecule has 1 aromatic heterocycles. The number of amides is 2. The summed E-state index contributed by atoms with van der Waals surface area (Å²) in [6, 6.07) is 19.3. The van der Waals surface area contributed by atoms with Crippen molar-refractivity contribution in [1.82, 2.24) is 14.5 Å². The molecule has 1 fully saturated rings. The standard InChI is InChI=1S/C31H37N5O3/c1-39-17-7-16-36-27-12-5-4-11-26(27)34-31(36)23-9-6-15-35(20-23)28(37)19-24(32)18-22-14-13-21-8-2-3-10-25(21)29(22)30(33)38/h2-5,8,10-14,23-24H,6-7,9,15-20,32H2,1H3,(H2,33,38)/t23-,24+/m1/s1. The zero-order valence-electron chi connectivity index (χ0n) is 22.5. The van der Waals surface area contributed by atoms with E-state index in [-0.39, 0.29) is 18.2 Å². The number of imidazole rings is 1. The molecule has 4 N–H and O–H groups in total. The van der Waals surface area contributed by atoms with Crippen LogP contribution < -0.4 is 11.5 Å². The van der Waals surface area contributed by atoms with E-state index in [1.165, 1.54) is 0 Å². The van der Waals surface area contributed by atoms with E-state index in [1.54, 1.807) is 7.11 Å². The number of aryl methyl sites for hydroxylation is 1. The van der Waals surface area contributed by atoms with Gasteiger partial charge in [-0.25, -0.2) is 4.98 Å². The Balaban J connectivity index is 1.29. The fourth-order valence-electron chi connectivity index (χ4n) is 5.91. The van der Waals surface area contributed by atoms with Gasteiger partial charge in [0.1, 0.15) is 5.82 Å². The first-order valence-electron chi connectivity index (χ1n) is 13.7. The van der Waals surface area contributed by atoms with E-state index in [1.807, 2.05) is 59.5 Å². The Labute approximate surface area is 228 Å². The Morgan fingerprint density at radius 1 is 1.10 bits per heavy atom. The van der Waals surface area contributed by atoms with Crippen molar-refractivity contribution in [3.8, 4) is 0 Å². The van der Waals surface area contributed by atoms with E-state index < -0.39 is 11.9 Å². The van der Waals surface area contributed by atoms with Crippen LogP contribution in [-0.4, -0.2) is 59.1 Å². The van der Waals surface area contributed by atoms with Gasteiger partial charge in [0, 0.05) is 51.7 Å². The van der Waals surface area contributed by atoms with Crippen molar-refractivity contribution in [2.24, 2.45) is 11.5 Å². The first kappa shape index (κ1) is 26.8. The minimum Gasteiger partial charge on any atom is -0.385 e. The minimum absolute atomic E-state index is 0.0376. The lowest BCUT2D eigenvalue weighted by Crippen LogP contribution is -2.42. The minimum atomic E-state index is -0.479. The molecule has 2 amide bonds. The molecule has 8 nitrogen and oxygen atoms in total. The summed E-state index contributed by atoms with van der Waals surface area (Å²) in [5.74, 6) is 0.760. The lowest BCUT2D eigenvalue weighted by molar-refractivity contribution is -0.132. The third-order valence-electron chi connectivity index (χ3n) is 7.73. The normalized spacial score (nSPS) is 16.6. The Morgan fingerprint density at radius 2 is 1.90 bits per heavy atom. The van der Waals surface area contributed by atoms with E-state index >= 15 is 0 Å². The summed E-state index contributed by atoms with van der Waals surface area (Å²) in [6.45, 7) is 2.86. The van der Waals surface area contributed by atoms with E-state index in [0.29, 0.717) is 31.7 Å². The van der Waals surface area contributed by atoms with Crippen molar-refractivity contribution >= 4 is 33.6 Å². The van der Waals surface area contributed by atoms with Gasteiger partial charge in [-0.05, 0) is 54.2 Å². The third kappa shape index (κ3) is 5.82. The van der Waals surface area contributed by atoms with Gasteiger partial charge in [-0.1, -0.05) is 48.5 Å². The number of aromatic nitrogens is 2. The first-order chi connectivity index (χ1) is 19.0. The molecule has 0 aliphatic carbocycles. The van der Waals surface area contributed by atoms with Crippen LogP contribution in [-0.2, 0) is 22.5 Å². The maximum absolute atomic E-state index is 13.4. The van der Waals surface area contributed by atoms with Gasteiger partial charge in [-0.3, -0.25) is 9.59 Å². The Kier molecular flexibility index (Phi) is 8.24. The van der Waals surface area contributed by atoms with Crippen LogP contribution >= 0.6 is 0 Å². The molecule has 0 bridgehead atoms. The molecule has 8 heteroatoms. The number of benzene rings is 3. The molecule has 3 aromatic carbocycles. The highest BCUT2D eigenvalue weighted by Crippen LogP contribution is 2.30. The predicted molar refractivity (Wildman–Crippen MR) is 154 cm³/mol. The van der Waals surface area contributed by atoms with Gasteiger partial charge < -0.3 is 25.7 Å². The molecule has 204 valence electrons. The number of methoxy groups -OCH3 is 1. The maximum atomic E-state index is 13.4. The number of nitrogens with two attached hydrogens (primary N) is 2. The molecule has 39 heavy (non-hydrogen) atoms. The lowest BCUT2D eigenvalue weighted by Gasteiger charge is -2.33. The van der Waals surface area contributed by atoms with Gasteiger partial charge in [0.15, 0.2) is 0 Å². The van der Waals surface area contributed by atoms with Gasteiger partial charge >= 0.3 is 0 Å². The summed E-state index contributed by atoms with van der Waals surface area (Å²) in [5, 5.41) is 1.76. The Hall–Kier alpha value is -3.75. The number of fused-ring (bicyclic) bond motifs is 2. The molecule has 1 aliphatic heterocycles. The van der Waals surface area contributed by atoms with Gasteiger partial charge in [0.05, 0.1) is 16.6 Å². The van der Waals surface area contributed by atoms with Crippen molar-refractivity contribution in [2.75, 3.05) is 26.8 Å². The second-order valence-corrected chi connectivity index (χ2v) is 10.5. The molecule has 0 unspecified atom stereocenters. The second kappa shape index (κ2) is 12.0. The number of hydrogen-bond donors (Lipinski definition) is 2. The summed E-state index contributed by atoms with van der Waals surface area (Å²) in [6.07, 6.45) is 3.42. The number of hydrogen-bond acceptors (Lipinski definition) is 5. The number of para-hydroxylation sites is 2. The Morgan fingerprint density at radius 3 is 2.72 bits per heavy atom.